The summed E-state index contributed by atoms with van der Waals surface area (Å²) in [6.45, 7) is 0.728. The molecular formula is C25H26N2O2S. The van der Waals surface area contributed by atoms with E-state index in [2.05, 4.69) is 29.6 Å². The summed E-state index contributed by atoms with van der Waals surface area (Å²) in [6.07, 6.45) is 5.88. The lowest BCUT2D eigenvalue weighted by molar-refractivity contribution is 0.195. The van der Waals surface area contributed by atoms with Crippen LogP contribution >= 0.6 is 11.3 Å². The second-order valence-electron chi connectivity index (χ2n) is 7.97. The van der Waals surface area contributed by atoms with Crippen LogP contribution in [0.4, 0.5) is 10.5 Å². The number of nitrogens with zero attached hydrogens (tertiary/aromatic N) is 1. The molecule has 2 aromatic carbocycles. The van der Waals surface area contributed by atoms with Crippen molar-refractivity contribution in [3.63, 3.8) is 0 Å². The number of fused-ring (bicyclic) bond motifs is 3. The Hall–Kier alpha value is -2.79. The Bertz CT molecular complexity index is 1060. The number of methoxy groups -OCH3 is 1. The van der Waals surface area contributed by atoms with Gasteiger partial charge in [0.1, 0.15) is 5.75 Å². The number of nitrogens with one attached hydrogen (secondary N) is 1. The molecule has 30 heavy (non-hydrogen) atoms. The number of anilines is 1. The van der Waals surface area contributed by atoms with Gasteiger partial charge < -0.3 is 15.0 Å². The summed E-state index contributed by atoms with van der Waals surface area (Å²) in [5.41, 5.74) is 5.02. The molecule has 2 aliphatic rings. The van der Waals surface area contributed by atoms with Gasteiger partial charge in [0.05, 0.1) is 13.2 Å². The number of ether oxygens (including phenoxy) is 1. The molecule has 2 heterocycles. The number of hydrogen-bond acceptors (Lipinski definition) is 3. The van der Waals surface area contributed by atoms with E-state index in [0.717, 1.165) is 24.4 Å². The van der Waals surface area contributed by atoms with Crippen LogP contribution in [-0.4, -0.2) is 24.6 Å². The van der Waals surface area contributed by atoms with Gasteiger partial charge in [-0.15, -0.1) is 11.3 Å². The van der Waals surface area contributed by atoms with Crippen molar-refractivity contribution in [2.75, 3.05) is 19.0 Å². The van der Waals surface area contributed by atoms with Crippen LogP contribution in [0.1, 0.15) is 45.3 Å². The number of amides is 2. The summed E-state index contributed by atoms with van der Waals surface area (Å²) < 4.78 is 5.30. The van der Waals surface area contributed by atoms with E-state index in [1.54, 1.807) is 17.6 Å². The highest BCUT2D eigenvalue weighted by Gasteiger charge is 2.36. The summed E-state index contributed by atoms with van der Waals surface area (Å²) in [7, 11) is 1.64. The third kappa shape index (κ3) is 3.47. The largest absolute Gasteiger partial charge is 0.497 e. The first-order chi connectivity index (χ1) is 14.7. The first kappa shape index (κ1) is 19.2. The third-order valence-corrected chi connectivity index (χ3v) is 7.56. The second kappa shape index (κ2) is 8.15. The molecule has 5 rings (SSSR count). The van der Waals surface area contributed by atoms with E-state index in [1.807, 2.05) is 46.6 Å². The third-order valence-electron chi connectivity index (χ3n) is 6.17. The van der Waals surface area contributed by atoms with Crippen LogP contribution in [0.5, 0.6) is 5.75 Å². The number of thiophene rings is 1. The van der Waals surface area contributed by atoms with E-state index in [9.17, 15) is 4.79 Å². The van der Waals surface area contributed by atoms with Gasteiger partial charge >= 0.3 is 6.03 Å². The van der Waals surface area contributed by atoms with Gasteiger partial charge in [-0.2, -0.15) is 0 Å². The number of rotatable bonds is 3. The van der Waals surface area contributed by atoms with Crippen molar-refractivity contribution in [2.45, 2.75) is 38.1 Å². The van der Waals surface area contributed by atoms with Gasteiger partial charge in [0.2, 0.25) is 0 Å². The fraction of sp³-hybridized carbons (Fsp3) is 0.320. The zero-order chi connectivity index (χ0) is 20.5. The Morgan fingerprint density at radius 2 is 1.87 bits per heavy atom. The fourth-order valence-corrected chi connectivity index (χ4v) is 6.32. The van der Waals surface area contributed by atoms with Crippen LogP contribution in [0.2, 0.25) is 0 Å². The first-order valence-corrected chi connectivity index (χ1v) is 11.5. The average Bonchev–Trinajstić information content (AvgIpc) is 3.18. The van der Waals surface area contributed by atoms with E-state index in [-0.39, 0.29) is 12.1 Å². The Kier molecular flexibility index (Phi) is 5.21. The number of hydrogen-bond donors (Lipinski definition) is 1. The van der Waals surface area contributed by atoms with Gasteiger partial charge in [0.15, 0.2) is 0 Å². The van der Waals surface area contributed by atoms with Gasteiger partial charge in [-0.3, -0.25) is 0 Å². The van der Waals surface area contributed by atoms with Crippen molar-refractivity contribution in [1.29, 1.82) is 0 Å². The molecule has 1 aromatic heterocycles. The van der Waals surface area contributed by atoms with E-state index < -0.39 is 0 Å². The summed E-state index contributed by atoms with van der Waals surface area (Å²) in [6, 6.07) is 17.9. The van der Waals surface area contributed by atoms with Gasteiger partial charge in [0.25, 0.3) is 0 Å². The molecule has 154 valence electrons. The van der Waals surface area contributed by atoms with Crippen LogP contribution in [-0.2, 0) is 19.3 Å². The van der Waals surface area contributed by atoms with Gasteiger partial charge in [-0.1, -0.05) is 36.4 Å². The lowest BCUT2D eigenvalue weighted by Gasteiger charge is -2.36. The van der Waals surface area contributed by atoms with Crippen molar-refractivity contribution >= 4 is 23.1 Å². The van der Waals surface area contributed by atoms with Crippen LogP contribution in [0, 0.1) is 0 Å². The van der Waals surface area contributed by atoms with Crippen LogP contribution in [0.25, 0.3) is 0 Å². The number of carbonyl (C=O) groups excluding carboxylic acids is 1. The minimum Gasteiger partial charge on any atom is -0.497 e. The quantitative estimate of drug-likeness (QED) is 0.583. The number of carbonyl (C=O) groups is 1. The highest BCUT2D eigenvalue weighted by molar-refractivity contribution is 7.12. The number of urea groups is 1. The highest BCUT2D eigenvalue weighted by Crippen LogP contribution is 2.45. The maximum absolute atomic E-state index is 13.4. The SMILES string of the molecule is COc1cccc(NC(=O)N2CCc3c(sc4c3CCCC4)[C@@H]2c2ccccc2)c1. The standard InChI is InChI=1S/C25H26N2O2S/c1-29-19-11-7-10-18(16-19)26-25(28)27-15-14-21-20-12-5-6-13-22(20)30-24(21)23(27)17-8-3-2-4-9-17/h2-4,7-11,16,23H,5-6,12-15H2,1H3,(H,26,28)/t23-/m0/s1. The predicted octanol–water partition coefficient (Wildman–Crippen LogP) is 5.82. The van der Waals surface area contributed by atoms with Crippen molar-refractivity contribution < 1.29 is 9.53 Å². The molecule has 1 aliphatic heterocycles. The molecular weight excluding hydrogens is 392 g/mol. The topological polar surface area (TPSA) is 41.6 Å². The van der Waals surface area contributed by atoms with E-state index in [0.29, 0.717) is 0 Å². The molecule has 0 unspecified atom stereocenters. The Balaban J connectivity index is 1.51. The number of aryl methyl sites for hydroxylation is 1. The molecule has 0 fully saturated rings. The normalized spacial score (nSPS) is 17.8. The lowest BCUT2D eigenvalue weighted by Crippen LogP contribution is -2.42. The summed E-state index contributed by atoms with van der Waals surface area (Å²) in [5, 5.41) is 3.09. The molecule has 2 amide bonds. The minimum atomic E-state index is -0.0610. The maximum Gasteiger partial charge on any atom is 0.322 e. The Morgan fingerprint density at radius 3 is 2.70 bits per heavy atom. The molecule has 0 saturated heterocycles. The van der Waals surface area contributed by atoms with Crippen molar-refractivity contribution in [2.24, 2.45) is 0 Å². The van der Waals surface area contributed by atoms with E-state index in [4.69, 9.17) is 4.74 Å². The molecule has 0 spiro atoms. The van der Waals surface area contributed by atoms with Crippen molar-refractivity contribution in [3.8, 4) is 5.75 Å². The van der Waals surface area contributed by atoms with Gasteiger partial charge in [-0.05, 0) is 60.9 Å². The molecule has 4 nitrogen and oxygen atoms in total. The molecule has 0 saturated carbocycles. The average molecular weight is 419 g/mol. The van der Waals surface area contributed by atoms with Crippen LogP contribution in [0.3, 0.4) is 0 Å². The molecule has 1 aliphatic carbocycles. The van der Waals surface area contributed by atoms with Gasteiger partial charge in [-0.25, -0.2) is 4.79 Å². The van der Waals surface area contributed by atoms with Gasteiger partial charge in [0, 0.05) is 28.1 Å². The van der Waals surface area contributed by atoms with Crippen molar-refractivity contribution in [3.05, 3.63) is 81.0 Å². The second-order valence-corrected chi connectivity index (χ2v) is 9.11. The smallest absolute Gasteiger partial charge is 0.322 e. The number of benzene rings is 2. The molecule has 3 aromatic rings. The summed E-state index contributed by atoms with van der Waals surface area (Å²) in [5.74, 6) is 0.735. The first-order valence-electron chi connectivity index (χ1n) is 10.6. The van der Waals surface area contributed by atoms with Crippen LogP contribution < -0.4 is 10.1 Å². The van der Waals surface area contributed by atoms with Crippen LogP contribution in [0.15, 0.2) is 54.6 Å². The molecule has 1 atom stereocenters. The highest BCUT2D eigenvalue weighted by atomic mass is 32.1. The van der Waals surface area contributed by atoms with E-state index in [1.165, 1.54) is 41.7 Å². The van der Waals surface area contributed by atoms with Crippen molar-refractivity contribution in [1.82, 2.24) is 4.90 Å². The summed E-state index contributed by atoms with van der Waals surface area (Å²) in [4.78, 5) is 18.3. The molecule has 5 heteroatoms. The monoisotopic (exact) mass is 418 g/mol. The summed E-state index contributed by atoms with van der Waals surface area (Å²) >= 11 is 1.93. The maximum atomic E-state index is 13.4. The zero-order valence-electron chi connectivity index (χ0n) is 17.2. The Labute approximate surface area is 181 Å². The molecule has 0 radical (unpaired) electrons. The fourth-order valence-electron chi connectivity index (χ4n) is 4.73. The molecule has 0 bridgehead atoms. The zero-order valence-corrected chi connectivity index (χ0v) is 18.0. The molecule has 1 N–H and O–H groups in total. The lowest BCUT2D eigenvalue weighted by atomic mass is 9.88. The predicted molar refractivity (Wildman–Crippen MR) is 122 cm³/mol. The minimum absolute atomic E-state index is 0.0313. The van der Waals surface area contributed by atoms with E-state index >= 15 is 0 Å². The Morgan fingerprint density at radius 1 is 1.03 bits per heavy atom.